The molecule has 192 valence electrons. The van der Waals surface area contributed by atoms with Crippen LogP contribution in [0, 0.1) is 0 Å². The largest absolute Gasteiger partial charge is 0.493 e. The van der Waals surface area contributed by atoms with Gasteiger partial charge in [0.2, 0.25) is 5.75 Å². The molecule has 0 spiro atoms. The smallest absolute Gasteiger partial charge is 0.320 e. The maximum absolute atomic E-state index is 12.3. The minimum absolute atomic E-state index is 0.259. The van der Waals surface area contributed by atoms with Crippen LogP contribution in [0.1, 0.15) is 41.3 Å². The molecule has 7 heteroatoms. The molecular formula is C30H31NO5S. The predicted molar refractivity (Wildman–Crippen MR) is 146 cm³/mol. The Kier molecular flexibility index (Phi) is 7.63. The maximum Gasteiger partial charge on any atom is 0.320 e. The van der Waals surface area contributed by atoms with Crippen LogP contribution in [0.5, 0.6) is 17.2 Å². The minimum atomic E-state index is -0.785. The Hall–Kier alpha value is -3.55. The second kappa shape index (κ2) is 11.2. The van der Waals surface area contributed by atoms with E-state index in [-0.39, 0.29) is 6.04 Å². The highest BCUT2D eigenvalue weighted by molar-refractivity contribution is 7.19. The van der Waals surface area contributed by atoms with Gasteiger partial charge in [-0.05, 0) is 60.2 Å². The van der Waals surface area contributed by atoms with Crippen LogP contribution < -0.4 is 14.2 Å². The molecule has 37 heavy (non-hydrogen) atoms. The van der Waals surface area contributed by atoms with Crippen LogP contribution in [0.4, 0.5) is 0 Å². The summed E-state index contributed by atoms with van der Waals surface area (Å²) in [5.74, 6) is 0.856. The molecule has 4 aromatic rings. The first-order valence-corrected chi connectivity index (χ1v) is 13.3. The van der Waals surface area contributed by atoms with E-state index in [0.717, 1.165) is 34.2 Å². The maximum atomic E-state index is 12.3. The van der Waals surface area contributed by atoms with Crippen molar-refractivity contribution >= 4 is 27.4 Å². The van der Waals surface area contributed by atoms with Crippen molar-refractivity contribution in [2.24, 2.45) is 0 Å². The number of ether oxygens (including phenoxy) is 3. The number of benzene rings is 3. The van der Waals surface area contributed by atoms with E-state index in [0.29, 0.717) is 36.8 Å². The average Bonchev–Trinajstić information content (AvgIpc) is 3.36. The highest BCUT2D eigenvalue weighted by Crippen LogP contribution is 2.46. The lowest BCUT2D eigenvalue weighted by atomic mass is 9.94. The molecule has 3 aromatic carbocycles. The van der Waals surface area contributed by atoms with Crippen LogP contribution in [-0.4, -0.2) is 42.8 Å². The summed E-state index contributed by atoms with van der Waals surface area (Å²) in [6, 6.07) is 23.5. The number of methoxy groups -OCH3 is 2. The lowest BCUT2D eigenvalue weighted by Gasteiger charge is -2.39. The molecule has 0 aliphatic carbocycles. The number of nitrogens with zero attached hydrogens (tertiary/aromatic N) is 1. The van der Waals surface area contributed by atoms with E-state index >= 15 is 0 Å². The molecule has 0 amide bonds. The number of carboxylic acids is 1. The van der Waals surface area contributed by atoms with Crippen molar-refractivity contribution in [3.8, 4) is 17.2 Å². The van der Waals surface area contributed by atoms with Crippen LogP contribution in [0.15, 0.2) is 72.8 Å². The highest BCUT2D eigenvalue weighted by Gasteiger charge is 2.36. The predicted octanol–water partition coefficient (Wildman–Crippen LogP) is 6.53. The zero-order chi connectivity index (χ0) is 25.8. The Morgan fingerprint density at radius 1 is 1.00 bits per heavy atom. The third kappa shape index (κ3) is 5.29. The van der Waals surface area contributed by atoms with Crippen molar-refractivity contribution in [3.63, 3.8) is 0 Å². The third-order valence-electron chi connectivity index (χ3n) is 6.90. The van der Waals surface area contributed by atoms with Crippen molar-refractivity contribution in [1.29, 1.82) is 0 Å². The molecule has 1 aliphatic heterocycles. The van der Waals surface area contributed by atoms with Crippen molar-refractivity contribution in [2.75, 3.05) is 20.8 Å². The summed E-state index contributed by atoms with van der Waals surface area (Å²) in [4.78, 5) is 15.5. The van der Waals surface area contributed by atoms with Gasteiger partial charge in [-0.2, -0.15) is 0 Å². The number of hydrogen-bond donors (Lipinski definition) is 1. The summed E-state index contributed by atoms with van der Waals surface area (Å²) in [7, 11) is 3.23. The lowest BCUT2D eigenvalue weighted by molar-refractivity contribution is -0.145. The lowest BCUT2D eigenvalue weighted by Crippen LogP contribution is -2.46. The molecule has 2 heterocycles. The number of rotatable bonds is 9. The summed E-state index contributed by atoms with van der Waals surface area (Å²) in [5.41, 5.74) is 1.96. The van der Waals surface area contributed by atoms with Gasteiger partial charge in [-0.25, -0.2) is 0 Å². The van der Waals surface area contributed by atoms with Crippen molar-refractivity contribution in [3.05, 3.63) is 88.8 Å². The third-order valence-corrected chi connectivity index (χ3v) is 8.07. The van der Waals surface area contributed by atoms with E-state index in [4.69, 9.17) is 14.2 Å². The molecule has 0 radical (unpaired) electrons. The fraction of sp³-hybridized carbons (Fsp3) is 0.300. The fourth-order valence-electron chi connectivity index (χ4n) is 5.11. The molecule has 6 nitrogen and oxygen atoms in total. The standard InChI is InChI=1S/C30H31NO5S/c1-34-24-16-22(17-25(35-2)29(24)36-19-20-10-4-3-5-11-20)28(31-15-9-8-13-23(31)30(32)33)27-18-21-12-6-7-14-26(21)37-27/h3-7,10-12,14,16-18,23,28H,8-9,13,15,19H2,1-2H3,(H,32,33). The quantitative estimate of drug-likeness (QED) is 0.272. The molecule has 0 saturated carbocycles. The van der Waals surface area contributed by atoms with E-state index in [2.05, 4.69) is 23.1 Å². The van der Waals surface area contributed by atoms with Gasteiger partial charge in [0, 0.05) is 9.58 Å². The Bertz CT molecular complexity index is 1310. The number of carboxylic acid groups (broad SMARTS) is 1. The van der Waals surface area contributed by atoms with Crippen LogP contribution >= 0.6 is 11.3 Å². The zero-order valence-corrected chi connectivity index (χ0v) is 21.9. The van der Waals surface area contributed by atoms with Gasteiger partial charge < -0.3 is 19.3 Å². The molecule has 1 saturated heterocycles. The number of aliphatic carboxylic acids is 1. The van der Waals surface area contributed by atoms with E-state index < -0.39 is 12.0 Å². The monoisotopic (exact) mass is 517 g/mol. The van der Waals surface area contributed by atoms with Gasteiger partial charge in [0.05, 0.1) is 20.3 Å². The Morgan fingerprint density at radius 3 is 2.38 bits per heavy atom. The normalized spacial score (nSPS) is 16.9. The molecule has 1 aromatic heterocycles. The minimum Gasteiger partial charge on any atom is -0.493 e. The van der Waals surface area contributed by atoms with Gasteiger partial charge in [-0.1, -0.05) is 55.0 Å². The van der Waals surface area contributed by atoms with E-state index in [9.17, 15) is 9.90 Å². The first-order chi connectivity index (χ1) is 18.1. The first kappa shape index (κ1) is 25.1. The first-order valence-electron chi connectivity index (χ1n) is 12.5. The topological polar surface area (TPSA) is 68.2 Å². The summed E-state index contributed by atoms with van der Waals surface area (Å²) in [6.07, 6.45) is 2.49. The molecule has 5 rings (SSSR count). The van der Waals surface area contributed by atoms with E-state index in [1.165, 1.54) is 4.70 Å². The Morgan fingerprint density at radius 2 is 1.70 bits per heavy atom. The molecule has 0 bridgehead atoms. The van der Waals surface area contributed by atoms with Gasteiger partial charge in [0.1, 0.15) is 12.6 Å². The van der Waals surface area contributed by atoms with Crippen LogP contribution in [0.3, 0.4) is 0 Å². The second-order valence-corrected chi connectivity index (χ2v) is 10.3. The Balaban J connectivity index is 1.60. The number of hydrogen-bond acceptors (Lipinski definition) is 6. The van der Waals surface area contributed by atoms with Crippen molar-refractivity contribution in [2.45, 2.75) is 38.0 Å². The number of carbonyl (C=O) groups is 1. The molecule has 1 N–H and O–H groups in total. The Labute approximate surface area is 221 Å². The number of likely N-dealkylation sites (tertiary alicyclic amines) is 1. The average molecular weight is 518 g/mol. The van der Waals surface area contributed by atoms with Crippen molar-refractivity contribution in [1.82, 2.24) is 4.90 Å². The van der Waals surface area contributed by atoms with Crippen LogP contribution in [0.2, 0.25) is 0 Å². The number of thiophene rings is 1. The van der Waals surface area contributed by atoms with E-state index in [1.807, 2.05) is 54.6 Å². The number of piperidine rings is 1. The summed E-state index contributed by atoms with van der Waals surface area (Å²) in [5, 5.41) is 11.3. The fourth-order valence-corrected chi connectivity index (χ4v) is 6.33. The highest BCUT2D eigenvalue weighted by atomic mass is 32.1. The number of fused-ring (bicyclic) bond motifs is 1. The van der Waals surface area contributed by atoms with Crippen LogP contribution in [-0.2, 0) is 11.4 Å². The molecule has 1 fully saturated rings. The van der Waals surface area contributed by atoms with Gasteiger partial charge in [-0.3, -0.25) is 9.69 Å². The molecular weight excluding hydrogens is 486 g/mol. The summed E-state index contributed by atoms with van der Waals surface area (Å²) in [6.45, 7) is 1.08. The zero-order valence-electron chi connectivity index (χ0n) is 21.1. The van der Waals surface area contributed by atoms with Crippen molar-refractivity contribution < 1.29 is 24.1 Å². The van der Waals surface area contributed by atoms with Crippen LogP contribution in [0.25, 0.3) is 10.1 Å². The molecule has 2 atom stereocenters. The molecule has 2 unspecified atom stereocenters. The summed E-state index contributed by atoms with van der Waals surface area (Å²) < 4.78 is 18.9. The van der Waals surface area contributed by atoms with E-state index in [1.54, 1.807) is 25.6 Å². The van der Waals surface area contributed by atoms with Gasteiger partial charge in [0.15, 0.2) is 11.5 Å². The van der Waals surface area contributed by atoms with Gasteiger partial charge >= 0.3 is 5.97 Å². The van der Waals surface area contributed by atoms with Gasteiger partial charge in [0.25, 0.3) is 0 Å². The van der Waals surface area contributed by atoms with Gasteiger partial charge in [-0.15, -0.1) is 11.3 Å². The molecule has 1 aliphatic rings. The summed E-state index contributed by atoms with van der Waals surface area (Å²) >= 11 is 1.70. The SMILES string of the molecule is COc1cc(C(c2cc3ccccc3s2)N2CCCCC2C(=O)O)cc(OC)c1OCc1ccccc1. The second-order valence-electron chi connectivity index (χ2n) is 9.21.